The van der Waals surface area contributed by atoms with Gasteiger partial charge in [0.15, 0.2) is 0 Å². The van der Waals surface area contributed by atoms with Crippen LogP contribution in [0.3, 0.4) is 0 Å². The smallest absolute Gasteiger partial charge is 0.338 e. The van der Waals surface area contributed by atoms with Gasteiger partial charge in [-0.15, -0.1) is 0 Å². The van der Waals surface area contributed by atoms with E-state index in [1.54, 1.807) is 47.4 Å². The first-order valence-electron chi connectivity index (χ1n) is 7.90. The number of aromatic nitrogens is 5. The predicted octanol–water partition coefficient (Wildman–Crippen LogP) is 2.29. The third-order valence-electron chi connectivity index (χ3n) is 3.81. The van der Waals surface area contributed by atoms with Crippen LogP contribution in [0.2, 0.25) is 5.02 Å². The Balaban J connectivity index is 1.48. The van der Waals surface area contributed by atoms with Gasteiger partial charge in [-0.1, -0.05) is 11.6 Å². The van der Waals surface area contributed by atoms with Crippen molar-refractivity contribution < 1.29 is 9.53 Å². The Labute approximate surface area is 157 Å². The molecule has 0 atom stereocenters. The number of carbonyl (C=O) groups is 1. The Morgan fingerprint density at radius 3 is 2.70 bits per heavy atom. The molecule has 0 spiro atoms. The summed E-state index contributed by atoms with van der Waals surface area (Å²) >= 11 is 5.88. The van der Waals surface area contributed by atoms with Gasteiger partial charge in [-0.3, -0.25) is 9.20 Å². The van der Waals surface area contributed by atoms with Crippen LogP contribution < -0.4 is 5.56 Å². The average molecular weight is 382 g/mol. The normalized spacial score (nSPS) is 10.9. The van der Waals surface area contributed by atoms with E-state index in [4.69, 9.17) is 16.3 Å². The summed E-state index contributed by atoms with van der Waals surface area (Å²) in [7, 11) is 0. The third kappa shape index (κ3) is 3.56. The van der Waals surface area contributed by atoms with Gasteiger partial charge < -0.3 is 4.74 Å². The molecule has 4 aromatic rings. The van der Waals surface area contributed by atoms with Gasteiger partial charge in [0.2, 0.25) is 0 Å². The number of fused-ring (bicyclic) bond motifs is 1. The van der Waals surface area contributed by atoms with Crippen molar-refractivity contribution in [1.82, 2.24) is 24.1 Å². The molecule has 134 valence electrons. The minimum Gasteiger partial charge on any atom is -0.456 e. The van der Waals surface area contributed by atoms with Crippen LogP contribution in [0.25, 0.3) is 11.3 Å². The van der Waals surface area contributed by atoms with E-state index in [0.717, 1.165) is 5.69 Å². The van der Waals surface area contributed by atoms with Crippen molar-refractivity contribution in [3.05, 3.63) is 87.9 Å². The summed E-state index contributed by atoms with van der Waals surface area (Å²) in [5, 5.41) is 4.45. The molecule has 0 amide bonds. The number of hydrogen-bond donors (Lipinski definition) is 0. The SMILES string of the molecule is O=C(OCc1cc(=O)n2cc(Cl)ccc2n1)c1ccc(-n2cncn2)cc1. The lowest BCUT2D eigenvalue weighted by Gasteiger charge is -2.07. The van der Waals surface area contributed by atoms with Gasteiger partial charge in [-0.2, -0.15) is 5.10 Å². The number of esters is 1. The molecular weight excluding hydrogens is 370 g/mol. The molecule has 0 saturated heterocycles. The molecule has 0 fully saturated rings. The zero-order chi connectivity index (χ0) is 18.8. The van der Waals surface area contributed by atoms with Gasteiger partial charge in [0, 0.05) is 12.3 Å². The lowest BCUT2D eigenvalue weighted by atomic mass is 10.2. The van der Waals surface area contributed by atoms with Crippen molar-refractivity contribution in [2.45, 2.75) is 6.61 Å². The average Bonchev–Trinajstić information content (AvgIpc) is 3.22. The first-order chi connectivity index (χ1) is 13.1. The van der Waals surface area contributed by atoms with Gasteiger partial charge in [-0.05, 0) is 36.4 Å². The zero-order valence-electron chi connectivity index (χ0n) is 13.8. The first kappa shape index (κ1) is 16.9. The maximum Gasteiger partial charge on any atom is 0.338 e. The van der Waals surface area contributed by atoms with Gasteiger partial charge in [0.1, 0.15) is 24.9 Å². The van der Waals surface area contributed by atoms with Crippen LogP contribution in [0.1, 0.15) is 16.1 Å². The third-order valence-corrected chi connectivity index (χ3v) is 4.04. The van der Waals surface area contributed by atoms with Crippen molar-refractivity contribution in [1.29, 1.82) is 0 Å². The minimum absolute atomic E-state index is 0.113. The first-order valence-corrected chi connectivity index (χ1v) is 8.28. The number of ether oxygens (including phenoxy) is 1. The topological polar surface area (TPSA) is 91.4 Å². The Hall–Kier alpha value is -3.52. The van der Waals surface area contributed by atoms with E-state index in [0.29, 0.717) is 21.9 Å². The van der Waals surface area contributed by atoms with Gasteiger partial charge in [-0.25, -0.2) is 19.4 Å². The maximum atomic E-state index is 12.2. The van der Waals surface area contributed by atoms with E-state index < -0.39 is 5.97 Å². The summed E-state index contributed by atoms with van der Waals surface area (Å²) in [4.78, 5) is 32.5. The van der Waals surface area contributed by atoms with Crippen molar-refractivity contribution in [2.75, 3.05) is 0 Å². The second-order valence-corrected chi connectivity index (χ2v) is 6.06. The Morgan fingerprint density at radius 1 is 1.15 bits per heavy atom. The fraction of sp³-hybridized carbons (Fsp3) is 0.0556. The molecule has 0 N–H and O–H groups in total. The van der Waals surface area contributed by atoms with E-state index in [-0.39, 0.29) is 12.2 Å². The number of rotatable bonds is 4. The zero-order valence-corrected chi connectivity index (χ0v) is 14.6. The summed E-state index contributed by atoms with van der Waals surface area (Å²) in [6.07, 6.45) is 4.47. The van der Waals surface area contributed by atoms with E-state index in [1.165, 1.54) is 23.0 Å². The number of nitrogens with zero attached hydrogens (tertiary/aromatic N) is 5. The molecule has 4 rings (SSSR count). The fourth-order valence-electron chi connectivity index (χ4n) is 2.51. The lowest BCUT2D eigenvalue weighted by Crippen LogP contribution is -2.16. The number of carbonyl (C=O) groups excluding carboxylic acids is 1. The van der Waals surface area contributed by atoms with Crippen molar-refractivity contribution in [3.63, 3.8) is 0 Å². The minimum atomic E-state index is -0.516. The summed E-state index contributed by atoms with van der Waals surface area (Å²) in [5.74, 6) is -0.516. The van der Waals surface area contributed by atoms with Crippen LogP contribution in [0, 0.1) is 0 Å². The van der Waals surface area contributed by atoms with Gasteiger partial charge in [0.25, 0.3) is 5.56 Å². The van der Waals surface area contributed by atoms with Crippen molar-refractivity contribution in [2.24, 2.45) is 0 Å². The molecule has 0 aliphatic heterocycles. The summed E-state index contributed by atoms with van der Waals surface area (Å²) in [6, 6.07) is 11.3. The van der Waals surface area contributed by atoms with Crippen LogP contribution in [0.15, 0.2) is 66.1 Å². The Kier molecular flexibility index (Phi) is 4.39. The highest BCUT2D eigenvalue weighted by Crippen LogP contribution is 2.11. The molecule has 3 aromatic heterocycles. The number of pyridine rings is 1. The molecule has 0 unspecified atom stereocenters. The molecular formula is C18H12ClN5O3. The van der Waals surface area contributed by atoms with Crippen molar-refractivity contribution >= 4 is 23.2 Å². The quantitative estimate of drug-likeness (QED) is 0.504. The van der Waals surface area contributed by atoms with Crippen LogP contribution in [0.4, 0.5) is 0 Å². The number of benzene rings is 1. The molecule has 0 aliphatic rings. The molecule has 0 bridgehead atoms. The van der Waals surface area contributed by atoms with Gasteiger partial charge >= 0.3 is 5.97 Å². The van der Waals surface area contributed by atoms with E-state index >= 15 is 0 Å². The number of hydrogen-bond acceptors (Lipinski definition) is 6. The molecule has 0 radical (unpaired) electrons. The molecule has 0 saturated carbocycles. The summed E-state index contributed by atoms with van der Waals surface area (Å²) in [5.41, 5.74) is 1.63. The molecule has 1 aromatic carbocycles. The Bertz CT molecular complexity index is 1170. The second kappa shape index (κ2) is 7.00. The monoisotopic (exact) mass is 381 g/mol. The molecule has 3 heterocycles. The summed E-state index contributed by atoms with van der Waals surface area (Å²) in [6.45, 7) is -0.113. The highest BCUT2D eigenvalue weighted by molar-refractivity contribution is 6.30. The maximum absolute atomic E-state index is 12.2. The van der Waals surface area contributed by atoms with Crippen molar-refractivity contribution in [3.8, 4) is 5.69 Å². The highest BCUT2D eigenvalue weighted by Gasteiger charge is 2.10. The van der Waals surface area contributed by atoms with Crippen LogP contribution in [0.5, 0.6) is 0 Å². The van der Waals surface area contributed by atoms with E-state index in [1.807, 2.05) is 0 Å². The van der Waals surface area contributed by atoms with E-state index in [2.05, 4.69) is 15.1 Å². The largest absolute Gasteiger partial charge is 0.456 e. The molecule has 9 heteroatoms. The van der Waals surface area contributed by atoms with Crippen LogP contribution in [-0.2, 0) is 11.3 Å². The van der Waals surface area contributed by atoms with Crippen LogP contribution >= 0.6 is 11.6 Å². The Morgan fingerprint density at radius 2 is 1.96 bits per heavy atom. The molecule has 0 aliphatic carbocycles. The standard InChI is InChI=1S/C18H12ClN5O3/c19-13-3-6-16-22-14(7-17(25)23(16)8-13)9-27-18(26)12-1-4-15(5-2-12)24-11-20-10-21-24/h1-8,10-11H,9H2. The number of halogens is 1. The molecule has 27 heavy (non-hydrogen) atoms. The van der Waals surface area contributed by atoms with E-state index in [9.17, 15) is 9.59 Å². The predicted molar refractivity (Wildman–Crippen MR) is 97.0 cm³/mol. The second-order valence-electron chi connectivity index (χ2n) is 5.62. The fourth-order valence-corrected chi connectivity index (χ4v) is 2.68. The van der Waals surface area contributed by atoms with Crippen LogP contribution in [-0.4, -0.2) is 30.1 Å². The van der Waals surface area contributed by atoms with Gasteiger partial charge in [0.05, 0.1) is 22.0 Å². The molecule has 8 nitrogen and oxygen atoms in total. The highest BCUT2D eigenvalue weighted by atomic mass is 35.5. The lowest BCUT2D eigenvalue weighted by molar-refractivity contribution is 0.0467. The summed E-state index contributed by atoms with van der Waals surface area (Å²) < 4.78 is 8.17.